The van der Waals surface area contributed by atoms with Crippen molar-refractivity contribution in [2.24, 2.45) is 4.40 Å². The van der Waals surface area contributed by atoms with Crippen LogP contribution in [0.3, 0.4) is 0 Å². The van der Waals surface area contributed by atoms with Gasteiger partial charge in [0, 0.05) is 6.20 Å². The predicted molar refractivity (Wildman–Crippen MR) is 80.4 cm³/mol. The molecule has 1 aromatic carbocycles. The second kappa shape index (κ2) is 5.38. The zero-order valence-electron chi connectivity index (χ0n) is 11.6. The van der Waals surface area contributed by atoms with Gasteiger partial charge in [-0.25, -0.2) is 4.39 Å². The third-order valence-electron chi connectivity index (χ3n) is 3.17. The molecule has 22 heavy (non-hydrogen) atoms. The van der Waals surface area contributed by atoms with Crippen molar-refractivity contribution in [3.8, 4) is 0 Å². The topological polar surface area (TPSA) is 83.5 Å². The van der Waals surface area contributed by atoms with Gasteiger partial charge < -0.3 is 10.6 Å². The zero-order valence-corrected chi connectivity index (χ0v) is 12.4. The Bertz CT molecular complexity index is 837. The van der Waals surface area contributed by atoms with Gasteiger partial charge in [-0.05, 0) is 37.3 Å². The van der Waals surface area contributed by atoms with Crippen LogP contribution in [0.25, 0.3) is 0 Å². The number of pyridine rings is 1. The van der Waals surface area contributed by atoms with E-state index < -0.39 is 15.8 Å². The van der Waals surface area contributed by atoms with Crippen LogP contribution in [-0.2, 0) is 10.0 Å². The standard InChI is InChI=1S/C14H13FN4O2S/c1-9(11-4-2-3-7-16-11)17-14-18-12-8-10(15)5-6-13(12)22(20,21)19-14/h2-9H,1H3,(H2,17,18,19). The van der Waals surface area contributed by atoms with E-state index in [9.17, 15) is 12.8 Å². The van der Waals surface area contributed by atoms with E-state index in [0.29, 0.717) is 0 Å². The van der Waals surface area contributed by atoms with Crippen LogP contribution in [-0.4, -0.2) is 19.4 Å². The lowest BCUT2D eigenvalue weighted by atomic mass is 10.2. The fourth-order valence-corrected chi connectivity index (χ4v) is 3.18. The van der Waals surface area contributed by atoms with Gasteiger partial charge in [0.2, 0.25) is 5.96 Å². The minimum Gasteiger partial charge on any atom is -0.347 e. The Balaban J connectivity index is 1.89. The van der Waals surface area contributed by atoms with Crippen molar-refractivity contribution < 1.29 is 12.8 Å². The van der Waals surface area contributed by atoms with E-state index in [1.165, 1.54) is 6.07 Å². The second-order valence-electron chi connectivity index (χ2n) is 4.80. The highest BCUT2D eigenvalue weighted by molar-refractivity contribution is 7.90. The molecule has 1 atom stereocenters. The minimum atomic E-state index is -3.86. The monoisotopic (exact) mass is 320 g/mol. The average molecular weight is 320 g/mol. The molecule has 8 heteroatoms. The molecule has 0 fully saturated rings. The molecule has 2 aromatic rings. The van der Waals surface area contributed by atoms with Crippen LogP contribution in [0.2, 0.25) is 0 Å². The highest BCUT2D eigenvalue weighted by Crippen LogP contribution is 2.27. The molecule has 0 bridgehead atoms. The third-order valence-corrected chi connectivity index (χ3v) is 4.50. The van der Waals surface area contributed by atoms with E-state index in [-0.39, 0.29) is 22.6 Å². The lowest BCUT2D eigenvalue weighted by molar-refractivity contribution is 0.595. The molecule has 1 aromatic heterocycles. The van der Waals surface area contributed by atoms with Crippen molar-refractivity contribution in [2.45, 2.75) is 17.9 Å². The number of nitrogens with zero attached hydrogens (tertiary/aromatic N) is 2. The van der Waals surface area contributed by atoms with Gasteiger partial charge in [0.15, 0.2) is 0 Å². The maximum atomic E-state index is 13.3. The minimum absolute atomic E-state index is 0.0382. The van der Waals surface area contributed by atoms with Crippen molar-refractivity contribution in [1.82, 2.24) is 10.3 Å². The number of benzene rings is 1. The molecule has 6 nitrogen and oxygen atoms in total. The summed E-state index contributed by atoms with van der Waals surface area (Å²) < 4.78 is 41.2. The maximum Gasteiger partial charge on any atom is 0.287 e. The molecule has 2 heterocycles. The zero-order chi connectivity index (χ0) is 15.7. The number of aromatic nitrogens is 1. The van der Waals surface area contributed by atoms with E-state index >= 15 is 0 Å². The molecular formula is C14H13FN4O2S. The number of halogens is 1. The molecule has 1 aliphatic heterocycles. The number of nitrogens with one attached hydrogen (secondary N) is 2. The molecule has 0 aliphatic carbocycles. The van der Waals surface area contributed by atoms with Crippen molar-refractivity contribution in [1.29, 1.82) is 0 Å². The lowest BCUT2D eigenvalue weighted by Gasteiger charge is -2.22. The first-order chi connectivity index (χ1) is 10.5. The Morgan fingerprint density at radius 2 is 2.09 bits per heavy atom. The van der Waals surface area contributed by atoms with Gasteiger partial charge in [-0.15, -0.1) is 4.40 Å². The Morgan fingerprint density at radius 1 is 1.27 bits per heavy atom. The van der Waals surface area contributed by atoms with E-state index in [4.69, 9.17) is 0 Å². The normalized spacial score (nSPS) is 16.9. The summed E-state index contributed by atoms with van der Waals surface area (Å²) in [4.78, 5) is 4.13. The summed E-state index contributed by atoms with van der Waals surface area (Å²) in [6.45, 7) is 1.82. The molecule has 114 valence electrons. The van der Waals surface area contributed by atoms with Crippen LogP contribution in [0.5, 0.6) is 0 Å². The van der Waals surface area contributed by atoms with Gasteiger partial charge in [-0.3, -0.25) is 4.98 Å². The van der Waals surface area contributed by atoms with Crippen LogP contribution in [0.4, 0.5) is 10.1 Å². The van der Waals surface area contributed by atoms with Gasteiger partial charge in [0.1, 0.15) is 10.7 Å². The summed E-state index contributed by atoms with van der Waals surface area (Å²) in [5, 5.41) is 5.71. The first kappa shape index (κ1) is 14.5. The Kier molecular flexibility index (Phi) is 3.53. The summed E-state index contributed by atoms with van der Waals surface area (Å²) >= 11 is 0. The largest absolute Gasteiger partial charge is 0.347 e. The molecule has 0 saturated heterocycles. The first-order valence-corrected chi connectivity index (χ1v) is 7.99. The Hall–Kier alpha value is -2.48. The molecule has 1 unspecified atom stereocenters. The van der Waals surface area contributed by atoms with E-state index in [2.05, 4.69) is 20.0 Å². The summed E-state index contributed by atoms with van der Waals surface area (Å²) in [6, 6.07) is 8.56. The van der Waals surface area contributed by atoms with Crippen molar-refractivity contribution >= 4 is 21.7 Å². The predicted octanol–water partition coefficient (Wildman–Crippen LogP) is 2.04. The SMILES string of the molecule is CC(NC1=NS(=O)(=O)c2ccc(F)cc2N1)c1ccccn1. The Labute approximate surface area is 127 Å². The number of anilines is 1. The number of hydrogen-bond donors (Lipinski definition) is 2. The Morgan fingerprint density at radius 3 is 2.82 bits per heavy atom. The van der Waals surface area contributed by atoms with Gasteiger partial charge in [0.25, 0.3) is 10.0 Å². The summed E-state index contributed by atoms with van der Waals surface area (Å²) in [5.74, 6) is -0.489. The fourth-order valence-electron chi connectivity index (χ4n) is 2.12. The summed E-state index contributed by atoms with van der Waals surface area (Å²) in [7, 11) is -3.86. The van der Waals surface area contributed by atoms with Crippen molar-refractivity contribution in [3.63, 3.8) is 0 Å². The van der Waals surface area contributed by atoms with Gasteiger partial charge in [-0.2, -0.15) is 8.42 Å². The van der Waals surface area contributed by atoms with Crippen molar-refractivity contribution in [2.75, 3.05) is 5.32 Å². The number of hydrogen-bond acceptors (Lipinski definition) is 5. The van der Waals surface area contributed by atoms with Crippen LogP contribution in [0, 0.1) is 5.82 Å². The molecule has 0 radical (unpaired) electrons. The fraction of sp³-hybridized carbons (Fsp3) is 0.143. The van der Waals surface area contributed by atoms with Crippen LogP contribution in [0.1, 0.15) is 18.7 Å². The molecule has 0 saturated carbocycles. The summed E-state index contributed by atoms with van der Waals surface area (Å²) in [5.41, 5.74) is 0.889. The van der Waals surface area contributed by atoms with Crippen molar-refractivity contribution in [3.05, 3.63) is 54.1 Å². The third kappa shape index (κ3) is 2.77. The number of guanidine groups is 1. The number of rotatable bonds is 2. The summed E-state index contributed by atoms with van der Waals surface area (Å²) in [6.07, 6.45) is 1.64. The van der Waals surface area contributed by atoms with Gasteiger partial charge in [0.05, 0.1) is 17.4 Å². The lowest BCUT2D eigenvalue weighted by Crippen LogP contribution is -2.36. The van der Waals surface area contributed by atoms with E-state index in [1.54, 1.807) is 12.3 Å². The van der Waals surface area contributed by atoms with Crippen LogP contribution >= 0.6 is 0 Å². The highest BCUT2D eigenvalue weighted by atomic mass is 32.2. The molecule has 1 aliphatic rings. The average Bonchev–Trinajstić information content (AvgIpc) is 2.46. The molecule has 0 amide bonds. The van der Waals surface area contributed by atoms with E-state index in [1.807, 2.05) is 19.1 Å². The first-order valence-electron chi connectivity index (χ1n) is 6.55. The van der Waals surface area contributed by atoms with Gasteiger partial charge in [-0.1, -0.05) is 6.07 Å². The van der Waals surface area contributed by atoms with Crippen LogP contribution < -0.4 is 10.6 Å². The van der Waals surface area contributed by atoms with E-state index in [0.717, 1.165) is 17.8 Å². The van der Waals surface area contributed by atoms with Gasteiger partial charge >= 0.3 is 0 Å². The number of fused-ring (bicyclic) bond motifs is 1. The number of sulfonamides is 1. The molecule has 0 spiro atoms. The smallest absolute Gasteiger partial charge is 0.287 e. The molecule has 3 rings (SSSR count). The quantitative estimate of drug-likeness (QED) is 0.885. The van der Waals surface area contributed by atoms with Crippen LogP contribution in [0.15, 0.2) is 51.9 Å². The second-order valence-corrected chi connectivity index (χ2v) is 6.37. The maximum absolute atomic E-state index is 13.3. The highest BCUT2D eigenvalue weighted by Gasteiger charge is 2.26. The molecule has 2 N–H and O–H groups in total. The molecular weight excluding hydrogens is 307 g/mol.